The largest absolute Gasteiger partial charge is 0.493 e. The fourth-order valence-corrected chi connectivity index (χ4v) is 2.73. The summed E-state index contributed by atoms with van der Waals surface area (Å²) in [5.41, 5.74) is 4.35. The molecule has 0 unspecified atom stereocenters. The third-order valence-electron chi connectivity index (χ3n) is 4.01. The van der Waals surface area contributed by atoms with Gasteiger partial charge in [0.25, 0.3) is 0 Å². The van der Waals surface area contributed by atoms with Gasteiger partial charge in [0, 0.05) is 18.3 Å². The Hall–Kier alpha value is -1.94. The molecule has 0 amide bonds. The van der Waals surface area contributed by atoms with Gasteiger partial charge in [-0.1, -0.05) is 0 Å². The number of aliphatic hydroxyl groups excluding tert-OH is 1. The van der Waals surface area contributed by atoms with Crippen LogP contribution in [0.2, 0.25) is 0 Å². The molecule has 112 valence electrons. The van der Waals surface area contributed by atoms with Gasteiger partial charge < -0.3 is 19.9 Å². The Labute approximate surface area is 125 Å². The number of methoxy groups -OCH3 is 2. The average molecular weight is 287 g/mol. The second kappa shape index (κ2) is 5.82. The molecule has 3 rings (SSSR count). The lowest BCUT2D eigenvalue weighted by atomic mass is 9.97. The summed E-state index contributed by atoms with van der Waals surface area (Å²) in [6.45, 7) is 0.774. The summed E-state index contributed by atoms with van der Waals surface area (Å²) < 4.78 is 11.0. The third kappa shape index (κ3) is 2.76. The van der Waals surface area contributed by atoms with E-state index in [4.69, 9.17) is 9.47 Å². The number of hydrogen-bond acceptors (Lipinski definition) is 4. The van der Waals surface area contributed by atoms with E-state index in [0.29, 0.717) is 12.5 Å². The van der Waals surface area contributed by atoms with E-state index < -0.39 is 0 Å². The molecule has 0 saturated heterocycles. The number of allylic oxidation sites excluding steroid dienone is 2. The number of hydrogen-bond donors (Lipinski definition) is 2. The van der Waals surface area contributed by atoms with E-state index in [2.05, 4.69) is 11.4 Å². The van der Waals surface area contributed by atoms with Crippen molar-refractivity contribution in [2.45, 2.75) is 18.8 Å². The SMILES string of the molecule is COc1cc(C2=CNCC(CO)=C2)cc(C2CC2)c1OC. The van der Waals surface area contributed by atoms with E-state index in [9.17, 15) is 5.11 Å². The summed E-state index contributed by atoms with van der Waals surface area (Å²) in [5.74, 6) is 2.19. The monoisotopic (exact) mass is 287 g/mol. The van der Waals surface area contributed by atoms with Gasteiger partial charge in [0.2, 0.25) is 0 Å². The van der Waals surface area contributed by atoms with Crippen LogP contribution in [0.5, 0.6) is 11.5 Å². The molecule has 4 nitrogen and oxygen atoms in total. The highest BCUT2D eigenvalue weighted by Gasteiger charge is 2.29. The quantitative estimate of drug-likeness (QED) is 0.873. The molecule has 4 heteroatoms. The minimum Gasteiger partial charge on any atom is -0.493 e. The summed E-state index contributed by atoms with van der Waals surface area (Å²) >= 11 is 0. The van der Waals surface area contributed by atoms with Crippen molar-refractivity contribution >= 4 is 5.57 Å². The van der Waals surface area contributed by atoms with Crippen LogP contribution in [0.25, 0.3) is 5.57 Å². The van der Waals surface area contributed by atoms with Crippen molar-refractivity contribution in [2.75, 3.05) is 27.4 Å². The van der Waals surface area contributed by atoms with E-state index in [1.807, 2.05) is 18.3 Å². The van der Waals surface area contributed by atoms with Crippen molar-refractivity contribution in [3.8, 4) is 11.5 Å². The van der Waals surface area contributed by atoms with Crippen molar-refractivity contribution in [3.05, 3.63) is 41.1 Å². The molecule has 0 spiro atoms. The molecule has 2 N–H and O–H groups in total. The Kier molecular flexibility index (Phi) is 3.88. The van der Waals surface area contributed by atoms with Crippen molar-refractivity contribution in [2.24, 2.45) is 0 Å². The minimum atomic E-state index is 0.0765. The van der Waals surface area contributed by atoms with Crippen LogP contribution in [0.3, 0.4) is 0 Å². The highest BCUT2D eigenvalue weighted by atomic mass is 16.5. The standard InChI is InChI=1S/C17H21NO3/c1-20-16-7-13(14-5-11(10-19)8-18-9-14)6-15(12-3-4-12)17(16)21-2/h5-7,9,12,18-19H,3-4,8,10H2,1-2H3. The number of aliphatic hydroxyl groups is 1. The molecule has 1 aliphatic heterocycles. The Bertz CT molecular complexity index is 600. The number of dihydropyridines is 1. The Morgan fingerprint density at radius 1 is 1.24 bits per heavy atom. The molecule has 0 radical (unpaired) electrons. The molecule has 1 heterocycles. The first-order chi connectivity index (χ1) is 10.3. The zero-order valence-corrected chi connectivity index (χ0v) is 12.5. The van der Waals surface area contributed by atoms with E-state index in [1.165, 1.54) is 18.4 Å². The Morgan fingerprint density at radius 2 is 2.05 bits per heavy atom. The number of nitrogens with one attached hydrogen (secondary N) is 1. The Morgan fingerprint density at radius 3 is 2.67 bits per heavy atom. The lowest BCUT2D eigenvalue weighted by molar-refractivity contribution is 0.328. The fraction of sp³-hybridized carbons (Fsp3) is 0.412. The molecule has 2 aliphatic rings. The summed E-state index contributed by atoms with van der Waals surface area (Å²) in [6.07, 6.45) is 6.43. The molecule has 1 aromatic rings. The second-order valence-electron chi connectivity index (χ2n) is 5.52. The highest BCUT2D eigenvalue weighted by Crippen LogP contribution is 2.48. The van der Waals surface area contributed by atoms with Crippen LogP contribution in [0.1, 0.15) is 29.9 Å². The zero-order chi connectivity index (χ0) is 14.8. The van der Waals surface area contributed by atoms with Gasteiger partial charge in [-0.2, -0.15) is 0 Å². The van der Waals surface area contributed by atoms with Gasteiger partial charge in [0.05, 0.1) is 20.8 Å². The van der Waals surface area contributed by atoms with Crippen LogP contribution in [-0.4, -0.2) is 32.5 Å². The topological polar surface area (TPSA) is 50.7 Å². The normalized spacial score (nSPS) is 17.7. The predicted molar refractivity (Wildman–Crippen MR) is 82.7 cm³/mol. The van der Waals surface area contributed by atoms with Gasteiger partial charge >= 0.3 is 0 Å². The lowest BCUT2D eigenvalue weighted by Crippen LogP contribution is -2.16. The molecule has 1 saturated carbocycles. The molecule has 0 aromatic heterocycles. The summed E-state index contributed by atoms with van der Waals surface area (Å²) in [4.78, 5) is 0. The van der Waals surface area contributed by atoms with Gasteiger partial charge in [0.15, 0.2) is 11.5 Å². The van der Waals surface area contributed by atoms with Gasteiger partial charge in [-0.15, -0.1) is 0 Å². The number of benzene rings is 1. The van der Waals surface area contributed by atoms with E-state index in [-0.39, 0.29) is 6.61 Å². The molecule has 1 aliphatic carbocycles. The summed E-state index contributed by atoms with van der Waals surface area (Å²) in [5, 5.41) is 12.5. The first-order valence-electron chi connectivity index (χ1n) is 7.27. The second-order valence-corrected chi connectivity index (χ2v) is 5.52. The van der Waals surface area contributed by atoms with Crippen LogP contribution in [0.15, 0.2) is 30.0 Å². The van der Waals surface area contributed by atoms with Crippen molar-refractivity contribution in [1.82, 2.24) is 5.32 Å². The lowest BCUT2D eigenvalue weighted by Gasteiger charge is -2.18. The van der Waals surface area contributed by atoms with Gasteiger partial charge in [-0.05, 0) is 53.7 Å². The average Bonchev–Trinajstić information content (AvgIpc) is 3.38. The van der Waals surface area contributed by atoms with Crippen LogP contribution in [-0.2, 0) is 0 Å². The smallest absolute Gasteiger partial charge is 0.164 e. The molecular formula is C17H21NO3. The molecule has 1 aromatic carbocycles. The number of ether oxygens (including phenoxy) is 2. The minimum absolute atomic E-state index is 0.0765. The van der Waals surface area contributed by atoms with Crippen molar-refractivity contribution < 1.29 is 14.6 Å². The zero-order valence-electron chi connectivity index (χ0n) is 12.5. The molecule has 0 atom stereocenters. The van der Waals surface area contributed by atoms with Crippen molar-refractivity contribution in [3.63, 3.8) is 0 Å². The highest BCUT2D eigenvalue weighted by molar-refractivity contribution is 5.78. The van der Waals surface area contributed by atoms with Crippen LogP contribution >= 0.6 is 0 Å². The summed E-state index contributed by atoms with van der Waals surface area (Å²) in [6, 6.07) is 4.18. The molecule has 0 bridgehead atoms. The molecule has 1 fully saturated rings. The maximum absolute atomic E-state index is 9.31. The third-order valence-corrected chi connectivity index (χ3v) is 4.01. The van der Waals surface area contributed by atoms with E-state index in [1.54, 1.807) is 14.2 Å². The van der Waals surface area contributed by atoms with Crippen LogP contribution < -0.4 is 14.8 Å². The van der Waals surface area contributed by atoms with Crippen LogP contribution in [0.4, 0.5) is 0 Å². The van der Waals surface area contributed by atoms with E-state index >= 15 is 0 Å². The maximum atomic E-state index is 9.31. The van der Waals surface area contributed by atoms with Gasteiger partial charge in [0.1, 0.15) is 0 Å². The van der Waals surface area contributed by atoms with Gasteiger partial charge in [-0.25, -0.2) is 0 Å². The van der Waals surface area contributed by atoms with Crippen LogP contribution in [0, 0.1) is 0 Å². The van der Waals surface area contributed by atoms with Gasteiger partial charge in [-0.3, -0.25) is 0 Å². The van der Waals surface area contributed by atoms with E-state index in [0.717, 1.165) is 28.2 Å². The fourth-order valence-electron chi connectivity index (χ4n) is 2.73. The van der Waals surface area contributed by atoms with Crippen molar-refractivity contribution in [1.29, 1.82) is 0 Å². The molecule has 21 heavy (non-hydrogen) atoms. The molecular weight excluding hydrogens is 266 g/mol. The summed E-state index contributed by atoms with van der Waals surface area (Å²) in [7, 11) is 3.36. The number of rotatable bonds is 5. The Balaban J connectivity index is 2.05. The maximum Gasteiger partial charge on any atom is 0.164 e. The predicted octanol–water partition coefficient (Wildman–Crippen LogP) is 2.44. The first-order valence-corrected chi connectivity index (χ1v) is 7.27. The first kappa shape index (κ1) is 14.0.